The van der Waals surface area contributed by atoms with Crippen molar-refractivity contribution >= 4 is 28.9 Å². The average molecular weight is 396 g/mol. The molecule has 1 unspecified atom stereocenters. The number of thioether (sulfide) groups is 1. The van der Waals surface area contributed by atoms with Gasteiger partial charge < -0.3 is 9.88 Å². The normalized spacial score (nSPS) is 18.0. The van der Waals surface area contributed by atoms with Gasteiger partial charge in [0.15, 0.2) is 5.65 Å². The number of imidazole rings is 1. The van der Waals surface area contributed by atoms with Crippen LogP contribution in [0.1, 0.15) is 51.7 Å². The zero-order chi connectivity index (χ0) is 19.7. The second-order valence-corrected chi connectivity index (χ2v) is 9.82. The summed E-state index contributed by atoms with van der Waals surface area (Å²) in [6, 6.07) is 8.93. The Kier molecular flexibility index (Phi) is 5.32. The lowest BCUT2D eigenvalue weighted by molar-refractivity contribution is 0.441. The maximum absolute atomic E-state index is 4.91. The summed E-state index contributed by atoms with van der Waals surface area (Å²) in [7, 11) is 0. The fourth-order valence-electron chi connectivity index (χ4n) is 3.67. The Labute approximate surface area is 171 Å². The molecule has 5 nitrogen and oxygen atoms in total. The number of nitrogens with one attached hydrogen (secondary N) is 1. The summed E-state index contributed by atoms with van der Waals surface area (Å²) < 4.78 is 0. The fourth-order valence-corrected chi connectivity index (χ4v) is 4.60. The molecule has 2 aromatic heterocycles. The van der Waals surface area contributed by atoms with E-state index in [0.29, 0.717) is 5.92 Å². The number of anilines is 1. The van der Waals surface area contributed by atoms with Gasteiger partial charge in [-0.2, -0.15) is 4.98 Å². The van der Waals surface area contributed by atoms with E-state index in [9.17, 15) is 0 Å². The minimum absolute atomic E-state index is 0.181. The number of aromatic amines is 1. The average Bonchev–Trinajstić information content (AvgIpc) is 3.14. The largest absolute Gasteiger partial charge is 0.341 e. The van der Waals surface area contributed by atoms with Crippen LogP contribution in [0.15, 0.2) is 35.6 Å². The van der Waals surface area contributed by atoms with Crippen molar-refractivity contribution in [1.82, 2.24) is 19.9 Å². The van der Waals surface area contributed by atoms with E-state index >= 15 is 0 Å². The smallest absolute Gasteiger partial charge is 0.228 e. The Bertz CT molecular complexity index is 942. The number of hydrogen-bond acceptors (Lipinski definition) is 5. The molecule has 0 amide bonds. The predicted octanol–water partition coefficient (Wildman–Crippen LogP) is 5.18. The molecule has 1 saturated heterocycles. The maximum Gasteiger partial charge on any atom is 0.228 e. The van der Waals surface area contributed by atoms with Crippen molar-refractivity contribution in [2.45, 2.75) is 56.7 Å². The van der Waals surface area contributed by atoms with Gasteiger partial charge in [0.1, 0.15) is 10.5 Å². The number of aromatic nitrogens is 4. The molecule has 0 radical (unpaired) electrons. The molecule has 3 aromatic rings. The third-order valence-corrected chi connectivity index (χ3v) is 6.42. The molecule has 28 heavy (non-hydrogen) atoms. The highest BCUT2D eigenvalue weighted by Crippen LogP contribution is 2.30. The van der Waals surface area contributed by atoms with Crippen LogP contribution in [0, 0.1) is 5.92 Å². The summed E-state index contributed by atoms with van der Waals surface area (Å²) in [4.78, 5) is 19.5. The summed E-state index contributed by atoms with van der Waals surface area (Å²) in [5.41, 5.74) is 4.54. The van der Waals surface area contributed by atoms with Crippen molar-refractivity contribution < 1.29 is 0 Å². The third-order valence-electron chi connectivity index (χ3n) is 5.38. The molecule has 4 rings (SSSR count). The number of hydrogen-bond donors (Lipinski definition) is 1. The quantitative estimate of drug-likeness (QED) is 0.487. The summed E-state index contributed by atoms with van der Waals surface area (Å²) in [5.74, 6) is 2.38. The first-order valence-corrected chi connectivity index (χ1v) is 11.1. The van der Waals surface area contributed by atoms with Crippen LogP contribution in [-0.4, -0.2) is 33.0 Å². The number of benzene rings is 1. The number of piperidine rings is 1. The summed E-state index contributed by atoms with van der Waals surface area (Å²) in [6.07, 6.45) is 4.20. The molecular weight excluding hydrogens is 366 g/mol. The van der Waals surface area contributed by atoms with E-state index in [1.807, 2.05) is 0 Å². The molecule has 1 atom stereocenters. The van der Waals surface area contributed by atoms with Crippen LogP contribution >= 0.6 is 11.8 Å². The molecule has 1 fully saturated rings. The van der Waals surface area contributed by atoms with Crippen molar-refractivity contribution in [1.29, 1.82) is 0 Å². The topological polar surface area (TPSA) is 57.7 Å². The number of rotatable bonds is 4. The van der Waals surface area contributed by atoms with Gasteiger partial charge in [0.05, 0.1) is 6.33 Å². The van der Waals surface area contributed by atoms with Crippen LogP contribution in [0.2, 0.25) is 0 Å². The number of nitrogens with zero attached hydrogens (tertiary/aromatic N) is 4. The first-order valence-electron chi connectivity index (χ1n) is 10.1. The molecule has 6 heteroatoms. The molecule has 148 valence electrons. The van der Waals surface area contributed by atoms with Gasteiger partial charge in [0.2, 0.25) is 5.95 Å². The van der Waals surface area contributed by atoms with Crippen molar-refractivity contribution in [3.8, 4) is 0 Å². The molecule has 0 saturated carbocycles. The van der Waals surface area contributed by atoms with E-state index in [1.54, 1.807) is 18.1 Å². The Balaban J connectivity index is 1.55. The van der Waals surface area contributed by atoms with E-state index in [2.05, 4.69) is 66.8 Å². The van der Waals surface area contributed by atoms with Crippen LogP contribution in [0.5, 0.6) is 0 Å². The van der Waals surface area contributed by atoms with Gasteiger partial charge in [0.25, 0.3) is 0 Å². The molecule has 0 spiro atoms. The first kappa shape index (κ1) is 19.2. The Morgan fingerprint density at radius 1 is 1.18 bits per heavy atom. The highest BCUT2D eigenvalue weighted by atomic mass is 32.2. The summed E-state index contributed by atoms with van der Waals surface area (Å²) in [5, 5.41) is 0.982. The van der Waals surface area contributed by atoms with Gasteiger partial charge in [0, 0.05) is 18.8 Å². The van der Waals surface area contributed by atoms with Crippen molar-refractivity contribution in [3.05, 3.63) is 41.7 Å². The second kappa shape index (κ2) is 7.74. The van der Waals surface area contributed by atoms with E-state index in [1.165, 1.54) is 24.0 Å². The standard InChI is InChI=1S/C22H29N5S/c1-15-6-5-11-27(12-15)21-25-19-18(23-14-24-19)20(26-21)28-13-16-7-9-17(10-8-16)22(2,3)4/h7-10,14-15H,5-6,11-13H2,1-4H3,(H,23,24,25,26). The van der Waals surface area contributed by atoms with Crippen molar-refractivity contribution in [2.75, 3.05) is 18.0 Å². The number of H-pyrrole nitrogens is 1. The Hall–Kier alpha value is -2.08. The zero-order valence-electron chi connectivity index (χ0n) is 17.2. The van der Waals surface area contributed by atoms with Crippen LogP contribution in [0.4, 0.5) is 5.95 Å². The summed E-state index contributed by atoms with van der Waals surface area (Å²) in [6.45, 7) is 11.1. The monoisotopic (exact) mass is 395 g/mol. The molecule has 0 bridgehead atoms. The third kappa shape index (κ3) is 4.17. The molecule has 1 aromatic carbocycles. The molecule has 3 heterocycles. The highest BCUT2D eigenvalue weighted by molar-refractivity contribution is 7.98. The molecule has 0 aliphatic carbocycles. The lowest BCUT2D eigenvalue weighted by atomic mass is 9.87. The second-order valence-electron chi connectivity index (χ2n) is 8.86. The summed E-state index contributed by atoms with van der Waals surface area (Å²) >= 11 is 1.75. The minimum atomic E-state index is 0.181. The van der Waals surface area contributed by atoms with Crippen molar-refractivity contribution in [3.63, 3.8) is 0 Å². The van der Waals surface area contributed by atoms with E-state index < -0.39 is 0 Å². The molecule has 1 aliphatic rings. The molecule has 1 N–H and O–H groups in total. The molecule has 1 aliphatic heterocycles. The Morgan fingerprint density at radius 3 is 2.68 bits per heavy atom. The van der Waals surface area contributed by atoms with Gasteiger partial charge >= 0.3 is 0 Å². The van der Waals surface area contributed by atoms with Gasteiger partial charge in [-0.1, -0.05) is 63.7 Å². The van der Waals surface area contributed by atoms with Crippen LogP contribution < -0.4 is 4.90 Å². The van der Waals surface area contributed by atoms with Crippen LogP contribution in [0.25, 0.3) is 11.2 Å². The lowest BCUT2D eigenvalue weighted by Crippen LogP contribution is -2.35. The van der Waals surface area contributed by atoms with Gasteiger partial charge in [-0.05, 0) is 35.3 Å². The SMILES string of the molecule is CC1CCCN(c2nc(SCc3ccc(C(C)(C)C)cc3)c3[nH]cnc3n2)C1. The van der Waals surface area contributed by atoms with Crippen LogP contribution in [-0.2, 0) is 11.2 Å². The molecular formula is C22H29N5S. The fraction of sp³-hybridized carbons (Fsp3) is 0.500. The van der Waals surface area contributed by atoms with E-state index in [-0.39, 0.29) is 5.41 Å². The van der Waals surface area contributed by atoms with Gasteiger partial charge in [-0.3, -0.25) is 0 Å². The highest BCUT2D eigenvalue weighted by Gasteiger charge is 2.21. The first-order chi connectivity index (χ1) is 13.4. The zero-order valence-corrected chi connectivity index (χ0v) is 18.0. The van der Waals surface area contributed by atoms with Gasteiger partial charge in [-0.25, -0.2) is 9.97 Å². The van der Waals surface area contributed by atoms with Gasteiger partial charge in [-0.15, -0.1) is 0 Å². The lowest BCUT2D eigenvalue weighted by Gasteiger charge is -2.31. The number of fused-ring (bicyclic) bond motifs is 1. The predicted molar refractivity (Wildman–Crippen MR) is 117 cm³/mol. The van der Waals surface area contributed by atoms with E-state index in [4.69, 9.17) is 9.97 Å². The van der Waals surface area contributed by atoms with E-state index in [0.717, 1.165) is 41.0 Å². The Morgan fingerprint density at radius 2 is 1.96 bits per heavy atom. The maximum atomic E-state index is 4.91. The van der Waals surface area contributed by atoms with Crippen molar-refractivity contribution in [2.24, 2.45) is 5.92 Å². The minimum Gasteiger partial charge on any atom is -0.341 e. The van der Waals surface area contributed by atoms with Crippen LogP contribution in [0.3, 0.4) is 0 Å².